The van der Waals surface area contributed by atoms with E-state index in [0.29, 0.717) is 43.0 Å². The number of nitrogens with zero attached hydrogens (tertiary/aromatic N) is 4. The minimum absolute atomic E-state index is 0.0708. The number of para-hydroxylation sites is 2. The molecule has 1 amide bonds. The molecule has 0 unspecified atom stereocenters. The average molecular weight is 454 g/mol. The molecule has 1 fully saturated rings. The lowest BCUT2D eigenvalue weighted by atomic mass is 10.1. The Labute approximate surface area is 198 Å². The summed E-state index contributed by atoms with van der Waals surface area (Å²) >= 11 is 0. The molecule has 0 aliphatic carbocycles. The first-order valence-electron chi connectivity index (χ1n) is 11.5. The molecule has 0 bridgehead atoms. The van der Waals surface area contributed by atoms with Crippen molar-refractivity contribution in [1.82, 2.24) is 14.5 Å². The molecule has 1 saturated heterocycles. The summed E-state index contributed by atoms with van der Waals surface area (Å²) in [5, 5.41) is 4.01. The third kappa shape index (κ3) is 4.12. The van der Waals surface area contributed by atoms with Crippen LogP contribution in [0.25, 0.3) is 16.7 Å². The Balaban J connectivity index is 1.68. The Hall–Kier alpha value is -4.13. The van der Waals surface area contributed by atoms with Crippen molar-refractivity contribution in [2.45, 2.75) is 13.8 Å². The number of pyridine rings is 2. The number of fused-ring (bicyclic) bond motifs is 1. The maximum Gasteiger partial charge on any atom is 0.219 e. The van der Waals surface area contributed by atoms with Crippen LogP contribution in [0.5, 0.6) is 0 Å². The van der Waals surface area contributed by atoms with Gasteiger partial charge in [0.1, 0.15) is 11.6 Å². The van der Waals surface area contributed by atoms with Crippen molar-refractivity contribution in [1.29, 1.82) is 0 Å². The van der Waals surface area contributed by atoms with Gasteiger partial charge in [-0.2, -0.15) is 0 Å². The molecule has 0 radical (unpaired) electrons. The van der Waals surface area contributed by atoms with Crippen molar-refractivity contribution in [2.75, 3.05) is 36.4 Å². The van der Waals surface area contributed by atoms with Crippen LogP contribution < -0.4 is 15.6 Å². The van der Waals surface area contributed by atoms with Crippen molar-refractivity contribution >= 4 is 34.3 Å². The lowest BCUT2D eigenvalue weighted by Gasteiger charge is -2.35. The van der Waals surface area contributed by atoms with Gasteiger partial charge in [-0.25, -0.2) is 4.98 Å². The van der Waals surface area contributed by atoms with Crippen LogP contribution in [0.1, 0.15) is 12.5 Å². The first-order valence-corrected chi connectivity index (χ1v) is 11.5. The highest BCUT2D eigenvalue weighted by Crippen LogP contribution is 2.28. The molecule has 0 saturated carbocycles. The van der Waals surface area contributed by atoms with E-state index in [0.717, 1.165) is 22.8 Å². The molecule has 7 heteroatoms. The molecule has 2 aromatic carbocycles. The molecule has 7 nitrogen and oxygen atoms in total. The Morgan fingerprint density at radius 2 is 1.56 bits per heavy atom. The molecular formula is C27H27N5O2. The Morgan fingerprint density at radius 3 is 2.21 bits per heavy atom. The topological polar surface area (TPSA) is 70.5 Å². The van der Waals surface area contributed by atoms with Gasteiger partial charge in [0.2, 0.25) is 5.91 Å². The van der Waals surface area contributed by atoms with E-state index < -0.39 is 0 Å². The molecule has 34 heavy (non-hydrogen) atoms. The molecule has 2 aromatic heterocycles. The van der Waals surface area contributed by atoms with Gasteiger partial charge >= 0.3 is 0 Å². The van der Waals surface area contributed by atoms with Crippen LogP contribution in [-0.2, 0) is 4.79 Å². The molecular weight excluding hydrogens is 426 g/mol. The zero-order valence-electron chi connectivity index (χ0n) is 19.4. The molecule has 0 spiro atoms. The van der Waals surface area contributed by atoms with Crippen molar-refractivity contribution in [3.63, 3.8) is 0 Å². The van der Waals surface area contributed by atoms with E-state index in [9.17, 15) is 9.59 Å². The molecule has 5 rings (SSSR count). The second-order valence-corrected chi connectivity index (χ2v) is 8.54. The zero-order chi connectivity index (χ0) is 23.7. The molecule has 0 atom stereocenters. The van der Waals surface area contributed by atoms with Crippen molar-refractivity contribution in [3.8, 4) is 5.69 Å². The van der Waals surface area contributed by atoms with Crippen LogP contribution in [0.3, 0.4) is 0 Å². The fourth-order valence-electron chi connectivity index (χ4n) is 4.49. The van der Waals surface area contributed by atoms with Crippen molar-refractivity contribution in [2.24, 2.45) is 0 Å². The largest absolute Gasteiger partial charge is 0.353 e. The van der Waals surface area contributed by atoms with E-state index in [1.165, 1.54) is 0 Å². The van der Waals surface area contributed by atoms with E-state index in [1.807, 2.05) is 83.1 Å². The first-order chi connectivity index (χ1) is 16.5. The fourth-order valence-corrected chi connectivity index (χ4v) is 4.49. The number of carbonyl (C=O) groups excluding carboxylic acids is 1. The van der Waals surface area contributed by atoms with E-state index in [2.05, 4.69) is 10.2 Å². The van der Waals surface area contributed by atoms with Gasteiger partial charge in [0.05, 0.1) is 5.39 Å². The summed E-state index contributed by atoms with van der Waals surface area (Å²) in [4.78, 5) is 34.0. The molecule has 3 heterocycles. The average Bonchev–Trinajstić information content (AvgIpc) is 2.85. The van der Waals surface area contributed by atoms with E-state index in [1.54, 1.807) is 13.0 Å². The Kier molecular flexibility index (Phi) is 5.76. The number of aromatic nitrogens is 2. The third-order valence-corrected chi connectivity index (χ3v) is 6.26. The summed E-state index contributed by atoms with van der Waals surface area (Å²) in [6.45, 7) is 6.29. The van der Waals surface area contributed by atoms with Crippen LogP contribution in [0.2, 0.25) is 0 Å². The summed E-state index contributed by atoms with van der Waals surface area (Å²) < 4.78 is 2.01. The van der Waals surface area contributed by atoms with Crippen LogP contribution in [-0.4, -0.2) is 46.5 Å². The number of aryl methyl sites for hydroxylation is 1. The number of hydrogen-bond donors (Lipinski definition) is 1. The normalized spacial score (nSPS) is 13.8. The summed E-state index contributed by atoms with van der Waals surface area (Å²) in [7, 11) is 0. The highest BCUT2D eigenvalue weighted by Gasteiger charge is 2.22. The number of amides is 1. The molecule has 1 N–H and O–H groups in total. The maximum absolute atomic E-state index is 13.2. The third-order valence-electron chi connectivity index (χ3n) is 6.26. The van der Waals surface area contributed by atoms with Gasteiger partial charge in [-0.3, -0.25) is 14.2 Å². The molecule has 172 valence electrons. The van der Waals surface area contributed by atoms with Crippen LogP contribution >= 0.6 is 0 Å². The summed E-state index contributed by atoms with van der Waals surface area (Å²) in [6.07, 6.45) is 0. The van der Waals surface area contributed by atoms with Crippen molar-refractivity contribution in [3.05, 3.63) is 88.6 Å². The molecule has 1 aliphatic heterocycles. The van der Waals surface area contributed by atoms with Gasteiger partial charge in [0.15, 0.2) is 11.1 Å². The van der Waals surface area contributed by atoms with Gasteiger partial charge in [0, 0.05) is 50.5 Å². The summed E-state index contributed by atoms with van der Waals surface area (Å²) in [5.74, 6) is 1.56. The van der Waals surface area contributed by atoms with Crippen molar-refractivity contribution < 1.29 is 4.79 Å². The van der Waals surface area contributed by atoms with Gasteiger partial charge < -0.3 is 15.1 Å². The summed E-state index contributed by atoms with van der Waals surface area (Å²) in [6, 6.07) is 23.4. The second kappa shape index (κ2) is 9.02. The summed E-state index contributed by atoms with van der Waals surface area (Å²) in [5.41, 5.74) is 3.23. The quantitative estimate of drug-likeness (QED) is 0.504. The SMILES string of the molecule is CC(=O)N1CCN(c2cc(C)c3c(=O)cc(Nc4ccccc4)n(-c4ccccc4)c3n2)CC1. The number of benzene rings is 2. The zero-order valence-corrected chi connectivity index (χ0v) is 19.4. The van der Waals surface area contributed by atoms with E-state index in [4.69, 9.17) is 4.98 Å². The predicted octanol–water partition coefficient (Wildman–Crippen LogP) is 4.11. The van der Waals surface area contributed by atoms with Crippen LogP contribution in [0.15, 0.2) is 77.6 Å². The monoisotopic (exact) mass is 453 g/mol. The number of piperazine rings is 1. The number of carbonyl (C=O) groups is 1. The standard InChI is InChI=1S/C27H27N5O2/c1-19-17-24(31-15-13-30(14-16-31)20(2)33)29-27-26(19)23(34)18-25(28-21-9-5-3-6-10-21)32(27)22-11-7-4-8-12-22/h3-12,17-18,28H,13-16H2,1-2H3. The predicted molar refractivity (Wildman–Crippen MR) is 136 cm³/mol. The number of rotatable bonds is 4. The molecule has 1 aliphatic rings. The highest BCUT2D eigenvalue weighted by molar-refractivity contribution is 5.85. The van der Waals surface area contributed by atoms with Gasteiger partial charge in [-0.1, -0.05) is 36.4 Å². The Morgan fingerprint density at radius 1 is 0.912 bits per heavy atom. The lowest BCUT2D eigenvalue weighted by molar-refractivity contribution is -0.129. The van der Waals surface area contributed by atoms with Gasteiger partial charge in [-0.05, 0) is 42.8 Å². The molecule has 4 aromatic rings. The lowest BCUT2D eigenvalue weighted by Crippen LogP contribution is -2.48. The van der Waals surface area contributed by atoms with Crippen LogP contribution in [0.4, 0.5) is 17.3 Å². The minimum Gasteiger partial charge on any atom is -0.353 e. The van der Waals surface area contributed by atoms with Gasteiger partial charge in [-0.15, -0.1) is 0 Å². The number of hydrogen-bond acceptors (Lipinski definition) is 5. The van der Waals surface area contributed by atoms with E-state index in [-0.39, 0.29) is 11.3 Å². The first kappa shape index (κ1) is 21.7. The fraction of sp³-hybridized carbons (Fsp3) is 0.222. The number of nitrogens with one attached hydrogen (secondary N) is 1. The highest BCUT2D eigenvalue weighted by atomic mass is 16.2. The smallest absolute Gasteiger partial charge is 0.219 e. The van der Waals surface area contributed by atoms with Gasteiger partial charge in [0.25, 0.3) is 0 Å². The second-order valence-electron chi connectivity index (χ2n) is 8.54. The Bertz CT molecular complexity index is 1390. The minimum atomic E-state index is -0.0708. The van der Waals surface area contributed by atoms with E-state index >= 15 is 0 Å². The van der Waals surface area contributed by atoms with Crippen LogP contribution in [0, 0.1) is 6.92 Å². The maximum atomic E-state index is 13.2. The number of anilines is 3.